The second kappa shape index (κ2) is 9.06. The normalized spacial score (nSPS) is 15.2. The Labute approximate surface area is 146 Å². The van der Waals surface area contributed by atoms with Gasteiger partial charge in [0.25, 0.3) is 5.91 Å². The smallest absolute Gasteiger partial charge is 0.251 e. The van der Waals surface area contributed by atoms with Crippen LogP contribution in [0.1, 0.15) is 59.2 Å². The summed E-state index contributed by atoms with van der Waals surface area (Å²) in [7, 11) is 1.51. The Hall–Kier alpha value is -1.36. The molecule has 1 N–H and O–H groups in total. The van der Waals surface area contributed by atoms with E-state index in [-0.39, 0.29) is 17.0 Å². The van der Waals surface area contributed by atoms with Gasteiger partial charge in [-0.15, -0.1) is 0 Å². The molecule has 0 aromatic heterocycles. The number of carbonyl (C=O) groups is 2. The number of methoxy groups -OCH3 is 1. The Balaban J connectivity index is 1.92. The average Bonchev–Trinajstić information content (AvgIpc) is 2.61. The summed E-state index contributed by atoms with van der Waals surface area (Å²) >= 11 is 3.15. The number of nitrogens with one attached hydrogen (secondary N) is 1. The number of amides is 1. The molecule has 1 amide bonds. The van der Waals surface area contributed by atoms with Gasteiger partial charge in [-0.05, 0) is 30.5 Å². The van der Waals surface area contributed by atoms with E-state index in [9.17, 15) is 9.59 Å². The number of hydrogen-bond donors (Lipinski definition) is 1. The molecule has 0 spiro atoms. The van der Waals surface area contributed by atoms with Crippen LogP contribution >= 0.6 is 15.9 Å². The molecule has 0 atom stereocenters. The number of alkyl halides is 1. The average molecular weight is 382 g/mol. The van der Waals surface area contributed by atoms with E-state index in [1.807, 2.05) is 0 Å². The molecule has 0 aliphatic heterocycles. The van der Waals surface area contributed by atoms with Gasteiger partial charge in [-0.1, -0.05) is 48.0 Å². The molecule has 5 heteroatoms. The topological polar surface area (TPSA) is 55.4 Å². The number of rotatable bonds is 7. The zero-order chi connectivity index (χ0) is 16.7. The summed E-state index contributed by atoms with van der Waals surface area (Å²) in [6.45, 7) is 0.702. The molecule has 0 radical (unpaired) electrons. The lowest BCUT2D eigenvalue weighted by Crippen LogP contribution is -2.26. The van der Waals surface area contributed by atoms with Gasteiger partial charge in [0.1, 0.15) is 5.75 Å². The van der Waals surface area contributed by atoms with Crippen LogP contribution in [-0.4, -0.2) is 30.7 Å². The molecule has 2 rings (SSSR count). The van der Waals surface area contributed by atoms with Crippen molar-refractivity contribution in [2.24, 2.45) is 5.92 Å². The molecule has 0 saturated heterocycles. The van der Waals surface area contributed by atoms with Crippen molar-refractivity contribution in [1.82, 2.24) is 5.32 Å². The number of hydrogen-bond acceptors (Lipinski definition) is 3. The molecule has 4 nitrogen and oxygen atoms in total. The first-order valence-corrected chi connectivity index (χ1v) is 9.33. The highest BCUT2D eigenvalue weighted by atomic mass is 79.9. The predicted octanol–water partition coefficient (Wildman–Crippen LogP) is 3.97. The van der Waals surface area contributed by atoms with E-state index in [0.717, 1.165) is 12.3 Å². The number of benzene rings is 1. The number of ether oxygens (including phenoxy) is 1. The summed E-state index contributed by atoms with van der Waals surface area (Å²) in [5.74, 6) is 1.01. The van der Waals surface area contributed by atoms with E-state index >= 15 is 0 Å². The van der Waals surface area contributed by atoms with Crippen LogP contribution in [0.25, 0.3) is 0 Å². The Morgan fingerprint density at radius 1 is 1.26 bits per heavy atom. The van der Waals surface area contributed by atoms with E-state index in [2.05, 4.69) is 21.2 Å². The van der Waals surface area contributed by atoms with Crippen LogP contribution in [-0.2, 0) is 0 Å². The Morgan fingerprint density at radius 2 is 2.00 bits per heavy atom. The van der Waals surface area contributed by atoms with E-state index in [4.69, 9.17) is 4.74 Å². The van der Waals surface area contributed by atoms with Crippen molar-refractivity contribution >= 4 is 27.6 Å². The maximum absolute atomic E-state index is 12.2. The van der Waals surface area contributed by atoms with Crippen molar-refractivity contribution in [3.63, 3.8) is 0 Å². The van der Waals surface area contributed by atoms with Crippen LogP contribution < -0.4 is 10.1 Å². The van der Waals surface area contributed by atoms with Crippen molar-refractivity contribution in [3.8, 4) is 5.75 Å². The minimum atomic E-state index is -0.114. The highest BCUT2D eigenvalue weighted by Gasteiger charge is 2.16. The van der Waals surface area contributed by atoms with Gasteiger partial charge in [0, 0.05) is 12.1 Å². The van der Waals surface area contributed by atoms with Gasteiger partial charge in [-0.25, -0.2) is 0 Å². The van der Waals surface area contributed by atoms with Crippen molar-refractivity contribution in [2.45, 2.75) is 38.5 Å². The van der Waals surface area contributed by atoms with Gasteiger partial charge >= 0.3 is 0 Å². The van der Waals surface area contributed by atoms with Crippen molar-refractivity contribution in [2.75, 3.05) is 19.0 Å². The van der Waals surface area contributed by atoms with Crippen LogP contribution in [0.2, 0.25) is 0 Å². The van der Waals surface area contributed by atoms with Gasteiger partial charge in [-0.3, -0.25) is 9.59 Å². The van der Waals surface area contributed by atoms with Crippen LogP contribution in [0.5, 0.6) is 5.75 Å². The van der Waals surface area contributed by atoms with Crippen LogP contribution in [0.3, 0.4) is 0 Å². The quantitative estimate of drug-likeness (QED) is 0.574. The van der Waals surface area contributed by atoms with Crippen LogP contribution in [0, 0.1) is 5.92 Å². The van der Waals surface area contributed by atoms with Crippen molar-refractivity contribution in [1.29, 1.82) is 0 Å². The zero-order valence-electron chi connectivity index (χ0n) is 13.6. The summed E-state index contributed by atoms with van der Waals surface area (Å²) in [4.78, 5) is 24.0. The molecule has 0 heterocycles. The van der Waals surface area contributed by atoms with Gasteiger partial charge in [-0.2, -0.15) is 0 Å². The molecule has 1 aliphatic rings. The molecule has 1 fully saturated rings. The Bertz CT molecular complexity index is 553. The molecule has 126 valence electrons. The monoisotopic (exact) mass is 381 g/mol. The maximum Gasteiger partial charge on any atom is 0.251 e. The molecule has 0 bridgehead atoms. The van der Waals surface area contributed by atoms with Gasteiger partial charge in [0.05, 0.1) is 18.0 Å². The fourth-order valence-electron chi connectivity index (χ4n) is 3.10. The largest absolute Gasteiger partial charge is 0.496 e. The van der Waals surface area contributed by atoms with Gasteiger partial charge in [0.15, 0.2) is 5.78 Å². The zero-order valence-corrected chi connectivity index (χ0v) is 15.2. The minimum Gasteiger partial charge on any atom is -0.496 e. The highest BCUT2D eigenvalue weighted by molar-refractivity contribution is 9.09. The lowest BCUT2D eigenvalue weighted by molar-refractivity contribution is 0.0947. The van der Waals surface area contributed by atoms with Crippen molar-refractivity contribution in [3.05, 3.63) is 29.3 Å². The molecule has 1 aromatic rings. The Kier molecular flexibility index (Phi) is 7.09. The number of carbonyl (C=O) groups excluding carboxylic acids is 2. The fourth-order valence-corrected chi connectivity index (χ4v) is 3.40. The highest BCUT2D eigenvalue weighted by Crippen LogP contribution is 2.26. The Morgan fingerprint density at radius 3 is 2.65 bits per heavy atom. The minimum absolute atomic E-state index is 0.0638. The third kappa shape index (κ3) is 5.06. The summed E-state index contributed by atoms with van der Waals surface area (Å²) < 4.78 is 5.24. The second-order valence-corrected chi connectivity index (χ2v) is 6.58. The molecular formula is C18H24BrNO3. The van der Waals surface area contributed by atoms with E-state index in [1.54, 1.807) is 18.2 Å². The van der Waals surface area contributed by atoms with Gasteiger partial charge < -0.3 is 10.1 Å². The molecular weight excluding hydrogens is 358 g/mol. The maximum atomic E-state index is 12.2. The first-order valence-electron chi connectivity index (χ1n) is 8.21. The van der Waals surface area contributed by atoms with Crippen molar-refractivity contribution < 1.29 is 14.3 Å². The first kappa shape index (κ1) is 18.0. The van der Waals surface area contributed by atoms with Gasteiger partial charge in [0.2, 0.25) is 0 Å². The molecule has 1 aromatic carbocycles. The molecule has 0 unspecified atom stereocenters. The lowest BCUT2D eigenvalue weighted by Gasteiger charge is -2.21. The molecule has 23 heavy (non-hydrogen) atoms. The van der Waals surface area contributed by atoms with Crippen LogP contribution in [0.4, 0.5) is 0 Å². The van der Waals surface area contributed by atoms with Crippen LogP contribution in [0.15, 0.2) is 18.2 Å². The van der Waals surface area contributed by atoms with E-state index < -0.39 is 0 Å². The number of Topliss-reactive ketones (excluding diaryl/α,β-unsaturated/α-hetero) is 1. The second-order valence-electron chi connectivity index (χ2n) is 6.02. The molecule has 1 aliphatic carbocycles. The summed E-state index contributed by atoms with van der Waals surface area (Å²) in [6, 6.07) is 4.96. The summed E-state index contributed by atoms with van der Waals surface area (Å²) in [5, 5.41) is 3.20. The number of ketones is 1. The SMILES string of the molecule is COc1cc(C(=O)NCCC2CCCCC2)ccc1C(=O)CBr. The first-order chi connectivity index (χ1) is 11.2. The third-order valence-electron chi connectivity index (χ3n) is 4.45. The van der Waals surface area contributed by atoms with E-state index in [0.29, 0.717) is 23.4 Å². The standard InChI is InChI=1S/C18H24BrNO3/c1-23-17-11-14(7-8-15(17)16(21)12-19)18(22)20-10-9-13-5-3-2-4-6-13/h7-8,11,13H,2-6,9-10,12H2,1H3,(H,20,22). The lowest BCUT2D eigenvalue weighted by atomic mass is 9.87. The molecule has 1 saturated carbocycles. The summed E-state index contributed by atoms with van der Waals surface area (Å²) in [6.07, 6.45) is 7.60. The fraction of sp³-hybridized carbons (Fsp3) is 0.556. The predicted molar refractivity (Wildman–Crippen MR) is 94.6 cm³/mol. The summed E-state index contributed by atoms with van der Waals surface area (Å²) in [5.41, 5.74) is 1.01. The third-order valence-corrected chi connectivity index (χ3v) is 4.96. The number of halogens is 1. The van der Waals surface area contributed by atoms with E-state index in [1.165, 1.54) is 39.2 Å².